The third kappa shape index (κ3) is 2.17. The molecule has 1 aliphatic heterocycles. The summed E-state index contributed by atoms with van der Waals surface area (Å²) in [6.07, 6.45) is 1.18. The fraction of sp³-hybridized carbons (Fsp3) is 0.429. The second kappa shape index (κ2) is 4.00. The number of rotatable bonds is 2. The lowest BCUT2D eigenvalue weighted by molar-refractivity contribution is 0.457. The van der Waals surface area contributed by atoms with Crippen LogP contribution in [0.2, 0.25) is 0 Å². The number of benzene rings is 1. The quantitative estimate of drug-likeness (QED) is 0.848. The fourth-order valence-electron chi connectivity index (χ4n) is 2.57. The van der Waals surface area contributed by atoms with E-state index in [0.717, 1.165) is 6.54 Å². The predicted molar refractivity (Wildman–Crippen MR) is 75.9 cm³/mol. The van der Waals surface area contributed by atoms with Crippen molar-refractivity contribution in [2.24, 2.45) is 0 Å². The predicted octanol–water partition coefficient (Wildman–Crippen LogP) is 3.45. The zero-order chi connectivity index (χ0) is 11.9. The minimum Gasteiger partial charge on any atom is -0.380 e. The summed E-state index contributed by atoms with van der Waals surface area (Å²) in [6.45, 7) is 5.58. The first-order valence-electron chi connectivity index (χ1n) is 6.12. The van der Waals surface area contributed by atoms with Gasteiger partial charge in [0.1, 0.15) is 0 Å². The average molecular weight is 246 g/mol. The second-order valence-electron chi connectivity index (χ2n) is 5.46. The van der Waals surface area contributed by atoms with E-state index < -0.39 is 0 Å². The van der Waals surface area contributed by atoms with E-state index in [0.29, 0.717) is 6.04 Å². The van der Waals surface area contributed by atoms with Crippen LogP contribution in [0.5, 0.6) is 0 Å². The molecule has 1 atom stereocenters. The lowest BCUT2D eigenvalue weighted by atomic mass is 10.0. The Hall–Kier alpha value is -1.06. The Morgan fingerprint density at radius 3 is 2.94 bits per heavy atom. The highest BCUT2D eigenvalue weighted by molar-refractivity contribution is 7.17. The van der Waals surface area contributed by atoms with Crippen LogP contribution in [-0.4, -0.2) is 18.1 Å². The zero-order valence-corrected chi connectivity index (χ0v) is 11.1. The van der Waals surface area contributed by atoms with Crippen molar-refractivity contribution in [3.63, 3.8) is 0 Å². The minimum atomic E-state index is 0.267. The molecular formula is C14H18N2S. The topological polar surface area (TPSA) is 24.1 Å². The fourth-order valence-corrected chi connectivity index (χ4v) is 3.47. The summed E-state index contributed by atoms with van der Waals surface area (Å²) in [5, 5.41) is 10.8. The lowest BCUT2D eigenvalue weighted by Gasteiger charge is -2.17. The summed E-state index contributed by atoms with van der Waals surface area (Å²) in [5.74, 6) is 0. The Morgan fingerprint density at radius 2 is 2.18 bits per heavy atom. The van der Waals surface area contributed by atoms with Gasteiger partial charge in [0.15, 0.2) is 0 Å². The number of hydrogen-bond acceptors (Lipinski definition) is 3. The molecule has 0 spiro atoms. The molecule has 1 saturated heterocycles. The van der Waals surface area contributed by atoms with Gasteiger partial charge in [-0.3, -0.25) is 0 Å². The van der Waals surface area contributed by atoms with E-state index >= 15 is 0 Å². The van der Waals surface area contributed by atoms with E-state index in [9.17, 15) is 0 Å². The van der Waals surface area contributed by atoms with E-state index in [-0.39, 0.29) is 5.54 Å². The first kappa shape index (κ1) is 11.1. The van der Waals surface area contributed by atoms with E-state index in [4.69, 9.17) is 0 Å². The van der Waals surface area contributed by atoms with E-state index in [1.54, 1.807) is 0 Å². The maximum absolute atomic E-state index is 3.67. The minimum absolute atomic E-state index is 0.267. The third-order valence-corrected chi connectivity index (χ3v) is 4.39. The Bertz CT molecular complexity index is 530. The Kier molecular flexibility index (Phi) is 2.60. The van der Waals surface area contributed by atoms with Gasteiger partial charge in [0.05, 0.1) is 5.69 Å². The van der Waals surface area contributed by atoms with Gasteiger partial charge < -0.3 is 10.6 Å². The van der Waals surface area contributed by atoms with Gasteiger partial charge in [-0.2, -0.15) is 0 Å². The molecule has 1 aromatic carbocycles. The third-order valence-electron chi connectivity index (χ3n) is 3.42. The number of anilines is 1. The Balaban J connectivity index is 1.82. The summed E-state index contributed by atoms with van der Waals surface area (Å²) in [7, 11) is 0. The van der Waals surface area contributed by atoms with Gasteiger partial charge in [0, 0.05) is 33.6 Å². The maximum Gasteiger partial charge on any atom is 0.0531 e. The summed E-state index contributed by atoms with van der Waals surface area (Å²) in [6, 6.07) is 9.13. The SMILES string of the molecule is CC1(C)CC(Nc2csc3ccccc23)CN1. The standard InChI is InChI=1S/C14H18N2S/c1-14(2)7-10(8-15-14)16-12-9-17-13-6-4-3-5-11(12)13/h3-6,9-10,15-16H,7-8H2,1-2H3. The smallest absolute Gasteiger partial charge is 0.0531 e. The van der Waals surface area contributed by atoms with Crippen LogP contribution >= 0.6 is 11.3 Å². The summed E-state index contributed by atoms with van der Waals surface area (Å²) in [5.41, 5.74) is 1.55. The van der Waals surface area contributed by atoms with Crippen LogP contribution in [0.15, 0.2) is 29.6 Å². The Morgan fingerprint density at radius 1 is 1.35 bits per heavy atom. The molecule has 2 nitrogen and oxygen atoms in total. The highest BCUT2D eigenvalue weighted by Gasteiger charge is 2.30. The van der Waals surface area contributed by atoms with Crippen LogP contribution in [0.25, 0.3) is 10.1 Å². The molecule has 2 N–H and O–H groups in total. The molecule has 0 amide bonds. The van der Waals surface area contributed by atoms with E-state index in [1.807, 2.05) is 11.3 Å². The highest BCUT2D eigenvalue weighted by atomic mass is 32.1. The molecule has 1 aliphatic rings. The number of hydrogen-bond donors (Lipinski definition) is 2. The molecule has 17 heavy (non-hydrogen) atoms. The van der Waals surface area contributed by atoms with Gasteiger partial charge in [-0.1, -0.05) is 18.2 Å². The van der Waals surface area contributed by atoms with Crippen molar-refractivity contribution in [1.29, 1.82) is 0 Å². The lowest BCUT2D eigenvalue weighted by Crippen LogP contribution is -2.31. The van der Waals surface area contributed by atoms with Crippen LogP contribution in [0.1, 0.15) is 20.3 Å². The molecule has 0 aliphatic carbocycles. The van der Waals surface area contributed by atoms with Crippen LogP contribution < -0.4 is 10.6 Å². The molecule has 1 unspecified atom stereocenters. The van der Waals surface area contributed by atoms with Gasteiger partial charge in [0.25, 0.3) is 0 Å². The second-order valence-corrected chi connectivity index (χ2v) is 6.37. The van der Waals surface area contributed by atoms with Crippen molar-refractivity contribution >= 4 is 27.1 Å². The van der Waals surface area contributed by atoms with Crippen LogP contribution in [0, 0.1) is 0 Å². The van der Waals surface area contributed by atoms with Crippen molar-refractivity contribution < 1.29 is 0 Å². The molecule has 0 bridgehead atoms. The number of fused-ring (bicyclic) bond motifs is 1. The zero-order valence-electron chi connectivity index (χ0n) is 10.3. The Labute approximate surface area is 106 Å². The van der Waals surface area contributed by atoms with Crippen LogP contribution in [-0.2, 0) is 0 Å². The van der Waals surface area contributed by atoms with Gasteiger partial charge in [-0.25, -0.2) is 0 Å². The van der Waals surface area contributed by atoms with Crippen molar-refractivity contribution in [2.75, 3.05) is 11.9 Å². The molecule has 2 aromatic rings. The van der Waals surface area contributed by atoms with E-state index in [1.165, 1.54) is 22.2 Å². The van der Waals surface area contributed by atoms with Crippen molar-refractivity contribution in [1.82, 2.24) is 5.32 Å². The molecule has 3 rings (SSSR count). The molecule has 0 saturated carbocycles. The molecule has 3 heteroatoms. The largest absolute Gasteiger partial charge is 0.380 e. The highest BCUT2D eigenvalue weighted by Crippen LogP contribution is 2.31. The number of thiophene rings is 1. The molecule has 0 radical (unpaired) electrons. The molecule has 1 aromatic heterocycles. The van der Waals surface area contributed by atoms with Crippen LogP contribution in [0.3, 0.4) is 0 Å². The molecule has 90 valence electrons. The van der Waals surface area contributed by atoms with Gasteiger partial charge in [-0.05, 0) is 26.3 Å². The van der Waals surface area contributed by atoms with Crippen molar-refractivity contribution in [3.05, 3.63) is 29.6 Å². The summed E-state index contributed by atoms with van der Waals surface area (Å²) < 4.78 is 1.36. The summed E-state index contributed by atoms with van der Waals surface area (Å²) in [4.78, 5) is 0. The van der Waals surface area contributed by atoms with Gasteiger partial charge in [-0.15, -0.1) is 11.3 Å². The first-order valence-corrected chi connectivity index (χ1v) is 7.00. The normalized spacial score (nSPS) is 23.1. The van der Waals surface area contributed by atoms with E-state index in [2.05, 4.69) is 54.1 Å². The molecule has 1 fully saturated rings. The summed E-state index contributed by atoms with van der Waals surface area (Å²) >= 11 is 1.81. The first-order chi connectivity index (χ1) is 8.14. The molecule has 2 heterocycles. The van der Waals surface area contributed by atoms with Gasteiger partial charge in [0.2, 0.25) is 0 Å². The maximum atomic E-state index is 3.67. The number of nitrogens with one attached hydrogen (secondary N) is 2. The monoisotopic (exact) mass is 246 g/mol. The van der Waals surface area contributed by atoms with Crippen LogP contribution in [0.4, 0.5) is 5.69 Å². The average Bonchev–Trinajstić information content (AvgIpc) is 2.84. The van der Waals surface area contributed by atoms with Crippen molar-refractivity contribution in [2.45, 2.75) is 31.8 Å². The van der Waals surface area contributed by atoms with Gasteiger partial charge >= 0.3 is 0 Å². The van der Waals surface area contributed by atoms with Crippen molar-refractivity contribution in [3.8, 4) is 0 Å². The molecular weight excluding hydrogens is 228 g/mol.